The van der Waals surface area contributed by atoms with Gasteiger partial charge in [0, 0.05) is 17.8 Å². The molecule has 2 aromatic rings. The molecule has 1 heterocycles. The summed E-state index contributed by atoms with van der Waals surface area (Å²) in [5.41, 5.74) is 6.53. The van der Waals surface area contributed by atoms with Crippen LogP contribution in [0.5, 0.6) is 0 Å². The van der Waals surface area contributed by atoms with Crippen LogP contribution in [-0.2, 0) is 6.54 Å². The second-order valence-electron chi connectivity index (χ2n) is 3.46. The molecule has 7 heteroatoms. The van der Waals surface area contributed by atoms with Crippen LogP contribution in [0.3, 0.4) is 0 Å². The van der Waals surface area contributed by atoms with Gasteiger partial charge in [-0.15, -0.1) is 0 Å². The number of halogens is 1. The van der Waals surface area contributed by atoms with E-state index in [0.717, 1.165) is 4.47 Å². The van der Waals surface area contributed by atoms with Gasteiger partial charge in [-0.2, -0.15) is 5.10 Å². The molecule has 0 saturated carbocycles. The Kier molecular flexibility index (Phi) is 3.10. The third-order valence-corrected chi connectivity index (χ3v) is 2.71. The van der Waals surface area contributed by atoms with Crippen molar-refractivity contribution in [2.24, 2.45) is 0 Å². The van der Waals surface area contributed by atoms with Crippen LogP contribution in [0.1, 0.15) is 5.56 Å². The van der Waals surface area contributed by atoms with Gasteiger partial charge in [0.15, 0.2) is 0 Å². The minimum absolute atomic E-state index is 0.0753. The average Bonchev–Trinajstić information content (AvgIpc) is 2.67. The summed E-state index contributed by atoms with van der Waals surface area (Å²) >= 11 is 3.28. The van der Waals surface area contributed by atoms with Crippen LogP contribution in [-0.4, -0.2) is 14.7 Å². The van der Waals surface area contributed by atoms with Crippen molar-refractivity contribution >= 4 is 27.3 Å². The molecule has 0 aliphatic carbocycles. The zero-order valence-electron chi connectivity index (χ0n) is 8.71. The number of anilines is 1. The van der Waals surface area contributed by atoms with Gasteiger partial charge in [-0.1, -0.05) is 12.1 Å². The molecule has 1 aromatic carbocycles. The standard InChI is InChI=1S/C10H9BrN4O2/c11-8-4-13-14(6-8)5-7-2-1-3-9(10(7)12)15(16)17/h1-4,6H,5,12H2. The summed E-state index contributed by atoms with van der Waals surface area (Å²) in [7, 11) is 0. The van der Waals surface area contributed by atoms with Gasteiger partial charge >= 0.3 is 0 Å². The predicted molar refractivity (Wildman–Crippen MR) is 66.5 cm³/mol. The molecule has 2 rings (SSSR count). The lowest BCUT2D eigenvalue weighted by atomic mass is 10.1. The number of hydrogen-bond donors (Lipinski definition) is 1. The molecule has 0 saturated heterocycles. The van der Waals surface area contributed by atoms with E-state index in [0.29, 0.717) is 12.1 Å². The quantitative estimate of drug-likeness (QED) is 0.534. The van der Waals surface area contributed by atoms with E-state index in [9.17, 15) is 10.1 Å². The van der Waals surface area contributed by atoms with Crippen molar-refractivity contribution in [3.8, 4) is 0 Å². The summed E-state index contributed by atoms with van der Waals surface area (Å²) in [6.45, 7) is 0.402. The van der Waals surface area contributed by atoms with E-state index in [1.807, 2.05) is 0 Å². The van der Waals surface area contributed by atoms with Crippen molar-refractivity contribution in [3.63, 3.8) is 0 Å². The number of rotatable bonds is 3. The van der Waals surface area contributed by atoms with E-state index >= 15 is 0 Å². The monoisotopic (exact) mass is 296 g/mol. The Morgan fingerprint density at radius 2 is 2.29 bits per heavy atom. The molecule has 17 heavy (non-hydrogen) atoms. The Balaban J connectivity index is 2.33. The van der Waals surface area contributed by atoms with E-state index in [1.165, 1.54) is 6.07 Å². The highest BCUT2D eigenvalue weighted by Gasteiger charge is 2.14. The van der Waals surface area contributed by atoms with Crippen LogP contribution in [0.2, 0.25) is 0 Å². The van der Waals surface area contributed by atoms with Crippen molar-refractivity contribution < 1.29 is 4.92 Å². The summed E-state index contributed by atoms with van der Waals surface area (Å²) in [6, 6.07) is 4.75. The topological polar surface area (TPSA) is 87.0 Å². The van der Waals surface area contributed by atoms with Gasteiger partial charge in [0.1, 0.15) is 5.69 Å². The summed E-state index contributed by atoms with van der Waals surface area (Å²) in [5.74, 6) is 0. The highest BCUT2D eigenvalue weighted by Crippen LogP contribution is 2.25. The molecular formula is C10H9BrN4O2. The number of nitrogen functional groups attached to an aromatic ring is 1. The summed E-state index contributed by atoms with van der Waals surface area (Å²) in [4.78, 5) is 10.2. The van der Waals surface area contributed by atoms with Crippen LogP contribution in [0.4, 0.5) is 11.4 Å². The van der Waals surface area contributed by atoms with Gasteiger partial charge < -0.3 is 5.73 Å². The number of nitro benzene ring substituents is 1. The van der Waals surface area contributed by atoms with E-state index in [2.05, 4.69) is 21.0 Å². The van der Waals surface area contributed by atoms with Crippen molar-refractivity contribution in [2.75, 3.05) is 5.73 Å². The average molecular weight is 297 g/mol. The number of para-hydroxylation sites is 1. The van der Waals surface area contributed by atoms with Crippen molar-refractivity contribution in [1.82, 2.24) is 9.78 Å². The lowest BCUT2D eigenvalue weighted by Gasteiger charge is -2.05. The first-order valence-electron chi connectivity index (χ1n) is 4.77. The molecule has 88 valence electrons. The maximum absolute atomic E-state index is 10.7. The van der Waals surface area contributed by atoms with Crippen LogP contribution in [0.15, 0.2) is 35.1 Å². The largest absolute Gasteiger partial charge is 0.393 e. The second-order valence-corrected chi connectivity index (χ2v) is 4.38. The fraction of sp³-hybridized carbons (Fsp3) is 0.100. The first-order chi connectivity index (χ1) is 8.08. The third kappa shape index (κ3) is 2.44. The van der Waals surface area contributed by atoms with E-state index in [1.54, 1.807) is 29.2 Å². The maximum Gasteiger partial charge on any atom is 0.292 e. The summed E-state index contributed by atoms with van der Waals surface area (Å²) < 4.78 is 2.50. The zero-order chi connectivity index (χ0) is 12.4. The van der Waals surface area contributed by atoms with Crippen molar-refractivity contribution in [1.29, 1.82) is 0 Å². The number of aromatic nitrogens is 2. The van der Waals surface area contributed by atoms with Crippen molar-refractivity contribution in [2.45, 2.75) is 6.54 Å². The summed E-state index contributed by atoms with van der Waals surface area (Å²) in [5, 5.41) is 14.8. The SMILES string of the molecule is Nc1c(Cn2cc(Br)cn2)cccc1[N+](=O)[O-]. The molecule has 0 aliphatic heterocycles. The fourth-order valence-corrected chi connectivity index (χ4v) is 1.82. The van der Waals surface area contributed by atoms with Gasteiger partial charge in [-0.05, 0) is 15.9 Å². The Labute approximate surface area is 105 Å². The second kappa shape index (κ2) is 4.54. The fourth-order valence-electron chi connectivity index (χ4n) is 1.50. The first-order valence-corrected chi connectivity index (χ1v) is 5.57. The van der Waals surface area contributed by atoms with E-state index in [-0.39, 0.29) is 11.4 Å². The number of nitro groups is 1. The van der Waals surface area contributed by atoms with Crippen LogP contribution >= 0.6 is 15.9 Å². The third-order valence-electron chi connectivity index (χ3n) is 2.30. The molecule has 0 fully saturated rings. The lowest BCUT2D eigenvalue weighted by molar-refractivity contribution is -0.383. The molecule has 6 nitrogen and oxygen atoms in total. The van der Waals surface area contributed by atoms with Gasteiger partial charge in [-0.25, -0.2) is 0 Å². The molecule has 0 aliphatic rings. The molecule has 0 unspecified atom stereocenters. The molecule has 0 spiro atoms. The first kappa shape index (κ1) is 11.6. The van der Waals surface area contributed by atoms with E-state index < -0.39 is 4.92 Å². The molecule has 0 radical (unpaired) electrons. The van der Waals surface area contributed by atoms with Crippen LogP contribution in [0.25, 0.3) is 0 Å². The highest BCUT2D eigenvalue weighted by atomic mass is 79.9. The molecule has 0 amide bonds. The van der Waals surface area contributed by atoms with Crippen LogP contribution < -0.4 is 5.73 Å². The normalized spacial score (nSPS) is 10.4. The minimum atomic E-state index is -0.488. The molecular weight excluding hydrogens is 288 g/mol. The molecule has 0 atom stereocenters. The number of nitrogens with zero attached hydrogens (tertiary/aromatic N) is 3. The Hall–Kier alpha value is -1.89. The maximum atomic E-state index is 10.7. The minimum Gasteiger partial charge on any atom is -0.393 e. The molecule has 1 aromatic heterocycles. The molecule has 0 bridgehead atoms. The Morgan fingerprint density at radius 1 is 1.53 bits per heavy atom. The number of benzene rings is 1. The smallest absolute Gasteiger partial charge is 0.292 e. The predicted octanol–water partition coefficient (Wildman–Crippen LogP) is 2.18. The van der Waals surface area contributed by atoms with E-state index in [4.69, 9.17) is 5.73 Å². The van der Waals surface area contributed by atoms with Gasteiger partial charge in [0.25, 0.3) is 5.69 Å². The number of nitrogens with two attached hydrogens (primary N) is 1. The summed E-state index contributed by atoms with van der Waals surface area (Å²) in [6.07, 6.45) is 3.42. The number of hydrogen-bond acceptors (Lipinski definition) is 4. The van der Waals surface area contributed by atoms with Crippen molar-refractivity contribution in [3.05, 3.63) is 50.7 Å². The van der Waals surface area contributed by atoms with Crippen LogP contribution in [0, 0.1) is 10.1 Å². The van der Waals surface area contributed by atoms with Gasteiger partial charge in [-0.3, -0.25) is 14.8 Å². The van der Waals surface area contributed by atoms with Gasteiger partial charge in [0.05, 0.1) is 22.1 Å². The zero-order valence-corrected chi connectivity index (χ0v) is 10.3. The van der Waals surface area contributed by atoms with Gasteiger partial charge in [0.2, 0.25) is 0 Å². The Bertz CT molecular complexity index is 567. The molecule has 2 N–H and O–H groups in total. The lowest BCUT2D eigenvalue weighted by Crippen LogP contribution is -2.05. The Morgan fingerprint density at radius 3 is 2.88 bits per heavy atom. The highest BCUT2D eigenvalue weighted by molar-refractivity contribution is 9.10.